The monoisotopic (exact) mass is 340 g/mol. The van der Waals surface area contributed by atoms with Crippen molar-refractivity contribution in [3.8, 4) is 0 Å². The van der Waals surface area contributed by atoms with Crippen LogP contribution in [0.2, 0.25) is 0 Å². The third-order valence-electron chi connectivity index (χ3n) is 4.73. The van der Waals surface area contributed by atoms with Crippen molar-refractivity contribution in [2.45, 2.75) is 31.7 Å². The molecule has 0 aliphatic carbocycles. The molecule has 2 aromatic carbocycles. The van der Waals surface area contributed by atoms with E-state index in [4.69, 9.17) is 0 Å². The van der Waals surface area contributed by atoms with Crippen molar-refractivity contribution in [1.82, 2.24) is 10.2 Å². The van der Waals surface area contributed by atoms with Crippen LogP contribution in [0.25, 0.3) is 0 Å². The number of nitrogens with zero attached hydrogens (tertiary/aromatic N) is 1. The van der Waals surface area contributed by atoms with Gasteiger partial charge in [-0.15, -0.1) is 0 Å². The minimum Gasteiger partial charge on any atom is -0.319 e. The number of aryl methyl sites for hydroxylation is 1. The number of imide groups is 1. The third-order valence-corrected chi connectivity index (χ3v) is 4.73. The molecule has 130 valence electrons. The van der Waals surface area contributed by atoms with Crippen LogP contribution in [-0.2, 0) is 16.8 Å². The van der Waals surface area contributed by atoms with Crippen molar-refractivity contribution in [3.05, 3.63) is 71.5 Å². The number of hydrogen-bond acceptors (Lipinski definition) is 2. The Morgan fingerprint density at radius 1 is 1.04 bits per heavy atom. The molecular formula is C20H21FN2O2. The second-order valence-corrected chi connectivity index (χ2v) is 6.24. The highest BCUT2D eigenvalue weighted by molar-refractivity contribution is 6.07. The molecule has 3 amide bonds. The highest BCUT2D eigenvalue weighted by atomic mass is 19.1. The first-order valence-corrected chi connectivity index (χ1v) is 8.51. The van der Waals surface area contributed by atoms with Crippen LogP contribution in [0.1, 0.15) is 30.9 Å². The highest BCUT2D eigenvalue weighted by Crippen LogP contribution is 2.32. The van der Waals surface area contributed by atoms with Crippen molar-refractivity contribution in [2.24, 2.45) is 0 Å². The number of urea groups is 1. The molecule has 1 saturated heterocycles. The summed E-state index contributed by atoms with van der Waals surface area (Å²) in [5.74, 6) is -0.633. The van der Waals surface area contributed by atoms with E-state index >= 15 is 0 Å². The van der Waals surface area contributed by atoms with Gasteiger partial charge in [-0.1, -0.05) is 49.4 Å². The van der Waals surface area contributed by atoms with Crippen molar-refractivity contribution < 1.29 is 14.0 Å². The van der Waals surface area contributed by atoms with E-state index in [1.54, 1.807) is 12.1 Å². The molecule has 2 aromatic rings. The van der Waals surface area contributed by atoms with Gasteiger partial charge in [0.1, 0.15) is 11.4 Å². The van der Waals surface area contributed by atoms with Gasteiger partial charge in [-0.2, -0.15) is 0 Å². The molecule has 0 unspecified atom stereocenters. The number of amides is 3. The van der Waals surface area contributed by atoms with Crippen molar-refractivity contribution >= 4 is 11.9 Å². The Labute approximate surface area is 146 Å². The van der Waals surface area contributed by atoms with E-state index in [1.807, 2.05) is 37.3 Å². The maximum Gasteiger partial charge on any atom is 0.325 e. The number of nitrogens with one attached hydrogen (secondary N) is 1. The van der Waals surface area contributed by atoms with Gasteiger partial charge in [-0.05, 0) is 42.5 Å². The zero-order valence-corrected chi connectivity index (χ0v) is 14.2. The second-order valence-electron chi connectivity index (χ2n) is 6.24. The van der Waals surface area contributed by atoms with Gasteiger partial charge < -0.3 is 5.32 Å². The molecule has 0 aromatic heterocycles. The van der Waals surface area contributed by atoms with Crippen LogP contribution in [-0.4, -0.2) is 23.4 Å². The van der Waals surface area contributed by atoms with E-state index < -0.39 is 5.54 Å². The zero-order chi connectivity index (χ0) is 17.9. The van der Waals surface area contributed by atoms with Crippen LogP contribution in [0, 0.1) is 5.82 Å². The Kier molecular flexibility index (Phi) is 4.83. The lowest BCUT2D eigenvalue weighted by Crippen LogP contribution is -2.43. The molecule has 0 bridgehead atoms. The molecule has 1 atom stereocenters. The quantitative estimate of drug-likeness (QED) is 0.817. The first-order valence-electron chi connectivity index (χ1n) is 8.51. The molecule has 0 spiro atoms. The minimum atomic E-state index is -1.10. The third kappa shape index (κ3) is 3.27. The van der Waals surface area contributed by atoms with Gasteiger partial charge in [0.05, 0.1) is 0 Å². The van der Waals surface area contributed by atoms with Gasteiger partial charge in [0.25, 0.3) is 5.91 Å². The number of hydrogen-bond donors (Lipinski definition) is 1. The molecule has 0 saturated carbocycles. The van der Waals surface area contributed by atoms with Crippen molar-refractivity contribution in [2.75, 3.05) is 6.54 Å². The van der Waals surface area contributed by atoms with Gasteiger partial charge >= 0.3 is 6.03 Å². The van der Waals surface area contributed by atoms with E-state index in [2.05, 4.69) is 5.32 Å². The van der Waals surface area contributed by atoms with Crippen LogP contribution >= 0.6 is 0 Å². The Hall–Kier alpha value is -2.69. The first kappa shape index (κ1) is 17.1. The summed E-state index contributed by atoms with van der Waals surface area (Å²) in [5, 5.41) is 2.82. The summed E-state index contributed by atoms with van der Waals surface area (Å²) < 4.78 is 13.2. The first-order chi connectivity index (χ1) is 12.1. The summed E-state index contributed by atoms with van der Waals surface area (Å²) in [5.41, 5.74) is 0.688. The predicted octanol–water partition coefficient (Wildman–Crippen LogP) is 3.62. The average Bonchev–Trinajstić information content (AvgIpc) is 2.88. The van der Waals surface area contributed by atoms with Crippen LogP contribution in [0.4, 0.5) is 9.18 Å². The molecular weight excluding hydrogens is 319 g/mol. The fraction of sp³-hybridized carbons (Fsp3) is 0.300. The molecule has 5 heteroatoms. The molecule has 1 fully saturated rings. The number of carbonyl (C=O) groups is 2. The molecule has 4 nitrogen and oxygen atoms in total. The van der Waals surface area contributed by atoms with E-state index in [1.165, 1.54) is 22.6 Å². The molecule has 1 N–H and O–H groups in total. The summed E-state index contributed by atoms with van der Waals surface area (Å²) in [4.78, 5) is 26.6. The summed E-state index contributed by atoms with van der Waals surface area (Å²) >= 11 is 0. The topological polar surface area (TPSA) is 49.4 Å². The number of carbonyl (C=O) groups excluding carboxylic acids is 2. The summed E-state index contributed by atoms with van der Waals surface area (Å²) in [6, 6.07) is 15.3. The Balaban J connectivity index is 1.73. The zero-order valence-electron chi connectivity index (χ0n) is 14.2. The molecule has 25 heavy (non-hydrogen) atoms. The Morgan fingerprint density at radius 3 is 2.36 bits per heavy atom. The van der Waals surface area contributed by atoms with Crippen LogP contribution in [0.15, 0.2) is 54.6 Å². The maximum atomic E-state index is 13.2. The maximum absolute atomic E-state index is 13.2. The van der Waals surface area contributed by atoms with Gasteiger partial charge in [-0.25, -0.2) is 9.18 Å². The Bertz CT molecular complexity index is 761. The van der Waals surface area contributed by atoms with Gasteiger partial charge in [0.2, 0.25) is 0 Å². The van der Waals surface area contributed by atoms with Crippen molar-refractivity contribution in [3.63, 3.8) is 0 Å². The lowest BCUT2D eigenvalue weighted by atomic mass is 9.87. The average molecular weight is 340 g/mol. The predicted molar refractivity (Wildman–Crippen MR) is 93.4 cm³/mol. The number of benzene rings is 2. The molecule has 0 radical (unpaired) electrons. The van der Waals surface area contributed by atoms with Crippen LogP contribution in [0.3, 0.4) is 0 Å². The lowest BCUT2D eigenvalue weighted by molar-refractivity contribution is -0.131. The second kappa shape index (κ2) is 7.05. The summed E-state index contributed by atoms with van der Waals surface area (Å²) in [6.07, 6.45) is 1.92. The van der Waals surface area contributed by atoms with Crippen molar-refractivity contribution in [1.29, 1.82) is 0 Å². The fourth-order valence-electron chi connectivity index (χ4n) is 3.29. The van der Waals surface area contributed by atoms with E-state index in [0.29, 0.717) is 24.9 Å². The van der Waals surface area contributed by atoms with Crippen LogP contribution in [0.5, 0.6) is 0 Å². The van der Waals surface area contributed by atoms with E-state index in [-0.39, 0.29) is 17.8 Å². The normalized spacial score (nSPS) is 20.0. The minimum absolute atomic E-state index is 0.264. The Morgan fingerprint density at radius 2 is 1.72 bits per heavy atom. The lowest BCUT2D eigenvalue weighted by Gasteiger charge is -2.25. The molecule has 1 aliphatic heterocycles. The molecule has 1 heterocycles. The highest BCUT2D eigenvalue weighted by Gasteiger charge is 2.50. The smallest absolute Gasteiger partial charge is 0.319 e. The van der Waals surface area contributed by atoms with E-state index in [0.717, 1.165) is 6.42 Å². The number of rotatable bonds is 6. The van der Waals surface area contributed by atoms with E-state index in [9.17, 15) is 14.0 Å². The number of halogens is 1. The van der Waals surface area contributed by atoms with Crippen LogP contribution < -0.4 is 5.32 Å². The standard InChI is InChI=1S/C20H21FN2O2/c1-2-20(16-10-12-17(21)13-11-16)18(24)23(19(25)22-20)14-6-9-15-7-4-3-5-8-15/h3-5,7-8,10-13H,2,6,9,14H2,1H3,(H,22,25)/t20-/m0/s1. The van der Waals surface area contributed by atoms with Gasteiger partial charge in [0, 0.05) is 6.54 Å². The SMILES string of the molecule is CC[C@@]1(c2ccc(F)cc2)NC(=O)N(CCCc2ccccc2)C1=O. The molecule has 3 rings (SSSR count). The fourth-order valence-corrected chi connectivity index (χ4v) is 3.29. The van der Waals surface area contributed by atoms with Gasteiger partial charge in [0.15, 0.2) is 0 Å². The summed E-state index contributed by atoms with van der Waals surface area (Å²) in [7, 11) is 0. The van der Waals surface area contributed by atoms with Gasteiger partial charge in [-0.3, -0.25) is 9.69 Å². The largest absolute Gasteiger partial charge is 0.325 e. The summed E-state index contributed by atoms with van der Waals surface area (Å²) in [6.45, 7) is 2.21. The molecule has 1 aliphatic rings.